The molecule has 0 N–H and O–H groups in total. The molecule has 2 aromatic carbocycles. The first-order chi connectivity index (χ1) is 14.6. The Morgan fingerprint density at radius 2 is 1.93 bits per heavy atom. The van der Waals surface area contributed by atoms with E-state index in [1.807, 2.05) is 24.3 Å². The molecule has 5 rings (SSSR count). The summed E-state index contributed by atoms with van der Waals surface area (Å²) < 4.78 is 19.8. The predicted octanol–water partition coefficient (Wildman–Crippen LogP) is 3.17. The average Bonchev–Trinajstić information content (AvgIpc) is 3.38. The third-order valence-corrected chi connectivity index (χ3v) is 5.34. The highest BCUT2D eigenvalue weighted by Gasteiger charge is 2.24. The summed E-state index contributed by atoms with van der Waals surface area (Å²) in [5.41, 5.74) is 2.69. The molecule has 0 atom stereocenters. The van der Waals surface area contributed by atoms with Crippen LogP contribution in [0.15, 0.2) is 64.2 Å². The lowest BCUT2D eigenvalue weighted by molar-refractivity contribution is -0.118. The van der Waals surface area contributed by atoms with E-state index in [-0.39, 0.29) is 41.3 Å². The van der Waals surface area contributed by atoms with Crippen LogP contribution in [-0.2, 0) is 17.8 Å². The highest BCUT2D eigenvalue weighted by Crippen LogP contribution is 2.28. The molecular weight excluding hydrogens is 387 g/mol. The van der Waals surface area contributed by atoms with Gasteiger partial charge in [0.1, 0.15) is 23.2 Å². The van der Waals surface area contributed by atoms with Crippen LogP contribution < -0.4 is 10.5 Å². The van der Waals surface area contributed by atoms with E-state index in [1.54, 1.807) is 4.90 Å². The second-order valence-corrected chi connectivity index (χ2v) is 7.14. The number of fused-ring (bicyclic) bond motifs is 2. The number of aromatic nitrogens is 3. The van der Waals surface area contributed by atoms with Crippen molar-refractivity contribution in [1.29, 1.82) is 0 Å². The summed E-state index contributed by atoms with van der Waals surface area (Å²) in [7, 11) is 0. The molecule has 3 heterocycles. The number of rotatable bonds is 4. The Kier molecular flexibility index (Phi) is 4.39. The Labute approximate surface area is 170 Å². The molecule has 0 bridgehead atoms. The molecule has 1 amide bonds. The second kappa shape index (κ2) is 7.22. The van der Waals surface area contributed by atoms with Crippen LogP contribution in [0, 0.1) is 5.82 Å². The summed E-state index contributed by atoms with van der Waals surface area (Å²) in [6.45, 7) is 0.831. The minimum Gasteiger partial charge on any atom is -0.335 e. The monoisotopic (exact) mass is 404 g/mol. The lowest BCUT2D eigenvalue weighted by Crippen LogP contribution is -2.31. The van der Waals surface area contributed by atoms with E-state index < -0.39 is 0 Å². The fourth-order valence-electron chi connectivity index (χ4n) is 3.79. The van der Waals surface area contributed by atoms with Gasteiger partial charge in [0.2, 0.25) is 5.91 Å². The molecule has 0 unspecified atom stereocenters. The molecule has 0 saturated carbocycles. The van der Waals surface area contributed by atoms with Crippen molar-refractivity contribution in [1.82, 2.24) is 14.7 Å². The Hall–Kier alpha value is -3.81. The van der Waals surface area contributed by atoms with Gasteiger partial charge in [-0.25, -0.2) is 9.37 Å². The molecule has 0 fully saturated rings. The van der Waals surface area contributed by atoms with Gasteiger partial charge >= 0.3 is 0 Å². The van der Waals surface area contributed by atoms with Crippen LogP contribution in [0.1, 0.15) is 12.0 Å². The zero-order valence-electron chi connectivity index (χ0n) is 15.9. The van der Waals surface area contributed by atoms with E-state index in [1.165, 1.54) is 35.2 Å². The molecule has 2 aromatic heterocycles. The number of hydrogen-bond donors (Lipinski definition) is 0. The molecule has 0 radical (unpaired) electrons. The zero-order chi connectivity index (χ0) is 20.7. The first-order valence-electron chi connectivity index (χ1n) is 9.61. The van der Waals surface area contributed by atoms with E-state index in [9.17, 15) is 14.0 Å². The molecule has 150 valence electrons. The highest BCUT2D eigenvalue weighted by molar-refractivity contribution is 5.95. The zero-order valence-corrected chi connectivity index (χ0v) is 15.9. The molecule has 8 heteroatoms. The van der Waals surface area contributed by atoms with E-state index in [0.717, 1.165) is 17.7 Å². The van der Waals surface area contributed by atoms with Gasteiger partial charge in [0.25, 0.3) is 11.3 Å². The van der Waals surface area contributed by atoms with Crippen LogP contribution in [0.5, 0.6) is 0 Å². The molecular formula is C22H17FN4O3. The van der Waals surface area contributed by atoms with Crippen LogP contribution in [0.25, 0.3) is 22.4 Å². The number of para-hydroxylation sites is 1. The summed E-state index contributed by atoms with van der Waals surface area (Å²) in [4.78, 5) is 31.7. The van der Waals surface area contributed by atoms with Crippen molar-refractivity contribution in [2.75, 3.05) is 11.4 Å². The smallest absolute Gasteiger partial charge is 0.266 e. The van der Waals surface area contributed by atoms with E-state index in [0.29, 0.717) is 17.8 Å². The number of amides is 1. The first-order valence-corrected chi connectivity index (χ1v) is 9.61. The normalized spacial score (nSPS) is 13.0. The number of halogens is 1. The molecule has 7 nitrogen and oxygen atoms in total. The van der Waals surface area contributed by atoms with Gasteiger partial charge in [-0.3, -0.25) is 14.2 Å². The van der Waals surface area contributed by atoms with Gasteiger partial charge < -0.3 is 9.42 Å². The minimum absolute atomic E-state index is 0.0453. The minimum atomic E-state index is -0.385. The van der Waals surface area contributed by atoms with Gasteiger partial charge in [0, 0.05) is 30.8 Å². The maximum atomic E-state index is 13.2. The maximum absolute atomic E-state index is 13.2. The Bertz CT molecular complexity index is 1310. The number of benzene rings is 2. The molecule has 0 aliphatic carbocycles. The van der Waals surface area contributed by atoms with Crippen molar-refractivity contribution in [3.05, 3.63) is 76.6 Å². The predicted molar refractivity (Wildman–Crippen MR) is 109 cm³/mol. The summed E-state index contributed by atoms with van der Waals surface area (Å²) in [5.74, 6) is -0.430. The lowest BCUT2D eigenvalue weighted by atomic mass is 10.1. The van der Waals surface area contributed by atoms with E-state index in [4.69, 9.17) is 4.52 Å². The van der Waals surface area contributed by atoms with Crippen molar-refractivity contribution >= 4 is 22.7 Å². The van der Waals surface area contributed by atoms with Crippen molar-refractivity contribution in [3.8, 4) is 11.3 Å². The van der Waals surface area contributed by atoms with Crippen molar-refractivity contribution in [2.24, 2.45) is 0 Å². The number of aryl methyl sites for hydroxylation is 1. The first kappa shape index (κ1) is 18.2. The van der Waals surface area contributed by atoms with Crippen LogP contribution in [-0.4, -0.2) is 27.2 Å². The van der Waals surface area contributed by atoms with E-state index >= 15 is 0 Å². The van der Waals surface area contributed by atoms with Crippen LogP contribution in [0.3, 0.4) is 0 Å². The third kappa shape index (κ3) is 3.06. The summed E-state index contributed by atoms with van der Waals surface area (Å²) in [6, 6.07) is 13.5. The molecule has 30 heavy (non-hydrogen) atoms. The quantitative estimate of drug-likeness (QED) is 0.522. The van der Waals surface area contributed by atoms with Crippen molar-refractivity contribution in [2.45, 2.75) is 19.4 Å². The molecule has 1 aliphatic heterocycles. The number of anilines is 1. The number of carbonyl (C=O) groups excluding carboxylic acids is 1. The largest absolute Gasteiger partial charge is 0.335 e. The number of carbonyl (C=O) groups is 1. The third-order valence-electron chi connectivity index (χ3n) is 5.34. The fraction of sp³-hybridized carbons (Fsp3) is 0.182. The molecule has 0 saturated heterocycles. The summed E-state index contributed by atoms with van der Waals surface area (Å²) in [5, 5.41) is 4.14. The van der Waals surface area contributed by atoms with Crippen molar-refractivity contribution < 1.29 is 13.7 Å². The molecule has 0 spiro atoms. The molecule has 4 aromatic rings. The van der Waals surface area contributed by atoms with Crippen LogP contribution in [0.4, 0.5) is 10.1 Å². The fourth-order valence-corrected chi connectivity index (χ4v) is 3.79. The maximum Gasteiger partial charge on any atom is 0.266 e. The van der Waals surface area contributed by atoms with Gasteiger partial charge in [0.15, 0.2) is 0 Å². The molecule has 1 aliphatic rings. The average molecular weight is 404 g/mol. The standard InChI is InChI=1S/C22H17FN4O3/c23-16-7-5-15(6-8-16)20-19-21(30-25-20)24-13-26(22(19)29)11-10-18(28)27-12-9-14-3-1-2-4-17(14)27/h1-8,13H,9-12H2. The van der Waals surface area contributed by atoms with Gasteiger partial charge in [-0.1, -0.05) is 23.4 Å². The Morgan fingerprint density at radius 3 is 2.77 bits per heavy atom. The van der Waals surface area contributed by atoms with E-state index in [2.05, 4.69) is 10.1 Å². The van der Waals surface area contributed by atoms with Gasteiger partial charge in [0.05, 0.1) is 0 Å². The second-order valence-electron chi connectivity index (χ2n) is 7.14. The Balaban J connectivity index is 1.41. The van der Waals surface area contributed by atoms with Gasteiger partial charge in [-0.2, -0.15) is 0 Å². The number of hydrogen-bond acceptors (Lipinski definition) is 5. The van der Waals surface area contributed by atoms with Gasteiger partial charge in [-0.05, 0) is 42.3 Å². The summed E-state index contributed by atoms with van der Waals surface area (Å²) in [6.07, 6.45) is 2.35. The topological polar surface area (TPSA) is 81.2 Å². The van der Waals surface area contributed by atoms with Gasteiger partial charge in [-0.15, -0.1) is 0 Å². The summed E-state index contributed by atoms with van der Waals surface area (Å²) >= 11 is 0. The van der Waals surface area contributed by atoms with Crippen molar-refractivity contribution in [3.63, 3.8) is 0 Å². The van der Waals surface area contributed by atoms with Crippen LogP contribution in [0.2, 0.25) is 0 Å². The highest BCUT2D eigenvalue weighted by atomic mass is 19.1. The van der Waals surface area contributed by atoms with Crippen LogP contribution >= 0.6 is 0 Å². The number of nitrogens with zero attached hydrogens (tertiary/aromatic N) is 4. The SMILES string of the molecule is O=C(CCn1cnc2onc(-c3ccc(F)cc3)c2c1=O)N1CCc2ccccc21. The Morgan fingerprint density at radius 1 is 1.13 bits per heavy atom. The lowest BCUT2D eigenvalue weighted by Gasteiger charge is -2.17.